The van der Waals surface area contributed by atoms with Crippen LogP contribution in [0.4, 0.5) is 0 Å². The van der Waals surface area contributed by atoms with Crippen molar-refractivity contribution in [3.63, 3.8) is 0 Å². The van der Waals surface area contributed by atoms with Gasteiger partial charge in [-0.25, -0.2) is 4.79 Å². The molecular formula is C82H148NO8+. The van der Waals surface area contributed by atoms with Crippen molar-refractivity contribution in [1.29, 1.82) is 0 Å². The molecule has 0 aromatic heterocycles. The average Bonchev–Trinajstić information content (AvgIpc) is 3.46. The molecule has 1 N–H and O–H groups in total. The Kier molecular flexibility index (Phi) is 69.5. The van der Waals surface area contributed by atoms with Gasteiger partial charge in [-0.1, -0.05) is 343 Å². The van der Waals surface area contributed by atoms with E-state index in [0.29, 0.717) is 17.4 Å². The number of rotatable bonds is 72. The second-order valence-electron chi connectivity index (χ2n) is 27.3. The summed E-state index contributed by atoms with van der Waals surface area (Å²) in [6, 6.07) is 0. The van der Waals surface area contributed by atoms with Crippen LogP contribution in [0.2, 0.25) is 0 Å². The highest BCUT2D eigenvalue weighted by atomic mass is 16.7. The second-order valence-corrected chi connectivity index (χ2v) is 27.3. The zero-order valence-corrected chi connectivity index (χ0v) is 60.5. The van der Waals surface area contributed by atoms with Crippen molar-refractivity contribution in [1.82, 2.24) is 0 Å². The largest absolute Gasteiger partial charge is 0.477 e. The molecule has 0 amide bonds. The number of carbonyl (C=O) groups excluding carboxylic acids is 2. The topological polar surface area (TPSA) is 108 Å². The van der Waals surface area contributed by atoms with Gasteiger partial charge in [0.2, 0.25) is 0 Å². The molecule has 2 unspecified atom stereocenters. The lowest BCUT2D eigenvalue weighted by Gasteiger charge is -2.25. The Morgan fingerprint density at radius 2 is 0.626 bits per heavy atom. The molecule has 9 nitrogen and oxygen atoms in total. The number of allylic oxidation sites excluding steroid dienone is 14. The van der Waals surface area contributed by atoms with Crippen LogP contribution < -0.4 is 0 Å². The monoisotopic (exact) mass is 1280 g/mol. The maximum atomic E-state index is 13.0. The number of carboxylic acid groups (broad SMARTS) is 1. The van der Waals surface area contributed by atoms with Crippen LogP contribution in [0.15, 0.2) is 85.1 Å². The van der Waals surface area contributed by atoms with Crippen molar-refractivity contribution in [2.45, 2.75) is 373 Å². The average molecular weight is 1280 g/mol. The van der Waals surface area contributed by atoms with Crippen molar-refractivity contribution in [2.75, 3.05) is 47.5 Å². The lowest BCUT2D eigenvalue weighted by atomic mass is 10.0. The van der Waals surface area contributed by atoms with Crippen molar-refractivity contribution >= 4 is 17.9 Å². The van der Waals surface area contributed by atoms with Gasteiger partial charge in [-0.15, -0.1) is 0 Å². The number of hydrogen-bond donors (Lipinski definition) is 1. The minimum Gasteiger partial charge on any atom is -0.477 e. The van der Waals surface area contributed by atoms with E-state index in [1.807, 2.05) is 21.1 Å². The van der Waals surface area contributed by atoms with Crippen molar-refractivity contribution in [2.24, 2.45) is 0 Å². The summed E-state index contributed by atoms with van der Waals surface area (Å²) in [6.45, 7) is 4.81. The maximum absolute atomic E-state index is 13.0. The number of quaternary nitrogens is 1. The molecule has 0 bridgehead atoms. The van der Waals surface area contributed by atoms with Gasteiger partial charge in [0, 0.05) is 12.8 Å². The molecule has 0 spiro atoms. The van der Waals surface area contributed by atoms with Crippen molar-refractivity contribution in [3.05, 3.63) is 85.1 Å². The predicted octanol–water partition coefficient (Wildman–Crippen LogP) is 24.6. The first-order valence-corrected chi connectivity index (χ1v) is 38.8. The van der Waals surface area contributed by atoms with E-state index >= 15 is 0 Å². The number of hydrogen-bond acceptors (Lipinski definition) is 7. The summed E-state index contributed by atoms with van der Waals surface area (Å²) < 4.78 is 23.0. The van der Waals surface area contributed by atoms with Gasteiger partial charge in [0.15, 0.2) is 6.10 Å². The summed E-state index contributed by atoms with van der Waals surface area (Å²) in [5, 5.41) is 9.77. The van der Waals surface area contributed by atoms with Crippen LogP contribution >= 0.6 is 0 Å². The molecule has 0 aliphatic heterocycles. The van der Waals surface area contributed by atoms with Crippen LogP contribution in [-0.2, 0) is 33.3 Å². The van der Waals surface area contributed by atoms with E-state index in [1.54, 1.807) is 0 Å². The molecule has 0 saturated carbocycles. The normalized spacial score (nSPS) is 13.1. The molecule has 0 aliphatic rings. The zero-order valence-electron chi connectivity index (χ0n) is 60.5. The van der Waals surface area contributed by atoms with Gasteiger partial charge in [0.25, 0.3) is 6.29 Å². The first-order chi connectivity index (χ1) is 44.6. The van der Waals surface area contributed by atoms with Gasteiger partial charge in [0.1, 0.15) is 13.2 Å². The first kappa shape index (κ1) is 87.5. The molecule has 0 rings (SSSR count). The summed E-state index contributed by atoms with van der Waals surface area (Å²) >= 11 is 0. The minimum absolute atomic E-state index is 0.180. The highest BCUT2D eigenvalue weighted by Gasteiger charge is 2.25. The number of aliphatic carboxylic acids is 1. The number of nitrogens with zero attached hydrogens (tertiary/aromatic N) is 1. The number of likely N-dealkylation sites (N-methyl/N-ethyl adjacent to an activating group) is 1. The van der Waals surface area contributed by atoms with Gasteiger partial charge in [0.05, 0.1) is 34.4 Å². The van der Waals surface area contributed by atoms with E-state index in [2.05, 4.69) is 98.9 Å². The molecule has 0 aromatic carbocycles. The third-order valence-electron chi connectivity index (χ3n) is 17.1. The van der Waals surface area contributed by atoms with Crippen LogP contribution in [0.1, 0.15) is 361 Å². The predicted molar refractivity (Wildman–Crippen MR) is 392 cm³/mol. The molecular weight excluding hydrogens is 1130 g/mol. The van der Waals surface area contributed by atoms with E-state index in [1.165, 1.54) is 257 Å². The summed E-state index contributed by atoms with van der Waals surface area (Å²) in [5.41, 5.74) is 0. The van der Waals surface area contributed by atoms with E-state index in [-0.39, 0.29) is 38.2 Å². The molecule has 0 radical (unpaired) electrons. The van der Waals surface area contributed by atoms with Crippen molar-refractivity contribution in [3.8, 4) is 0 Å². The lowest BCUT2D eigenvalue weighted by molar-refractivity contribution is -0.870. The number of ether oxygens (including phenoxy) is 4. The van der Waals surface area contributed by atoms with E-state index in [4.69, 9.17) is 18.9 Å². The lowest BCUT2D eigenvalue weighted by Crippen LogP contribution is -2.40. The standard InChI is InChI=1S/C82H147NO8/c1-6-8-10-12-14-16-18-20-22-24-26-28-30-32-34-36-38-39-40-41-43-45-47-49-51-53-55-57-59-61-63-65-67-69-71-73-80(85)91-78(77-90-82(81(86)87)88-75-74-83(3,4)5)76-89-79(84)72-70-68-66-64-62-60-58-56-54-52-50-48-46-44-42-37-35-33-31-29-27-25-23-21-19-17-15-13-11-9-7-2/h8,10,14,16,19-22,25-28,31,33,78,82H,6-7,9,11-13,15,17-18,23-24,29-30,32,34-77H2,1-5H3/p+1/b10-8-,16-14-,21-19-,22-20-,27-25-,28-26-,33-31-. The van der Waals surface area contributed by atoms with Crippen LogP contribution in [-0.4, -0.2) is 87.4 Å². The summed E-state index contributed by atoms with van der Waals surface area (Å²) in [4.78, 5) is 37.7. The number of carbonyl (C=O) groups is 3. The SMILES string of the molecule is CC/C=C\C/C=C\C/C=C\C/C=C\CCCCCCCCCCCCCCCCCCCCCCCCC(=O)OC(COC(=O)CCCCCCCCCCCCCCCCCC/C=C\C/C=C\C/C=C\CCCCCCC)COC(OCC[N+](C)(C)C)C(=O)O. The fourth-order valence-corrected chi connectivity index (χ4v) is 11.3. The van der Waals surface area contributed by atoms with Crippen LogP contribution in [0, 0.1) is 0 Å². The van der Waals surface area contributed by atoms with E-state index < -0.39 is 18.4 Å². The minimum atomic E-state index is -1.51. The first-order valence-electron chi connectivity index (χ1n) is 38.8. The molecule has 528 valence electrons. The molecule has 0 fully saturated rings. The summed E-state index contributed by atoms with van der Waals surface area (Å²) in [6.07, 6.45) is 95.8. The van der Waals surface area contributed by atoms with Gasteiger partial charge in [-0.05, 0) is 89.9 Å². The van der Waals surface area contributed by atoms with E-state index in [0.717, 1.165) is 77.0 Å². The Morgan fingerprint density at radius 3 is 0.934 bits per heavy atom. The molecule has 0 saturated heterocycles. The quantitative estimate of drug-likeness (QED) is 0.0211. The van der Waals surface area contributed by atoms with Gasteiger partial charge >= 0.3 is 17.9 Å². The van der Waals surface area contributed by atoms with Gasteiger partial charge in [-0.3, -0.25) is 9.59 Å². The molecule has 0 aromatic rings. The molecule has 9 heteroatoms. The smallest absolute Gasteiger partial charge is 0.361 e. The van der Waals surface area contributed by atoms with Crippen LogP contribution in [0.5, 0.6) is 0 Å². The molecule has 91 heavy (non-hydrogen) atoms. The van der Waals surface area contributed by atoms with Gasteiger partial charge < -0.3 is 28.5 Å². The fourth-order valence-electron chi connectivity index (χ4n) is 11.3. The Morgan fingerprint density at radius 1 is 0.341 bits per heavy atom. The van der Waals surface area contributed by atoms with Crippen molar-refractivity contribution < 1.29 is 42.9 Å². The number of esters is 2. The van der Waals surface area contributed by atoms with Crippen LogP contribution in [0.3, 0.4) is 0 Å². The Bertz CT molecular complexity index is 1770. The zero-order chi connectivity index (χ0) is 66.1. The number of unbranched alkanes of at least 4 members (excludes halogenated alkanes) is 43. The van der Waals surface area contributed by atoms with Gasteiger partial charge in [-0.2, -0.15) is 0 Å². The molecule has 0 aliphatic carbocycles. The fraction of sp³-hybridized carbons (Fsp3) is 0.793. The Labute approximate surface area is 563 Å². The van der Waals surface area contributed by atoms with E-state index in [9.17, 15) is 19.5 Å². The summed E-state index contributed by atoms with van der Waals surface area (Å²) in [5.74, 6) is -1.98. The van der Waals surface area contributed by atoms with Crippen LogP contribution in [0.25, 0.3) is 0 Å². The summed E-state index contributed by atoms with van der Waals surface area (Å²) in [7, 11) is 5.99. The number of carboxylic acids is 1. The molecule has 2 atom stereocenters. The third-order valence-corrected chi connectivity index (χ3v) is 17.1. The highest BCUT2D eigenvalue weighted by Crippen LogP contribution is 2.19. The second kappa shape index (κ2) is 72.3. The Balaban J connectivity index is 4.02. The third kappa shape index (κ3) is 73.7. The Hall–Kier alpha value is -3.53. The molecule has 0 heterocycles. The highest BCUT2D eigenvalue weighted by molar-refractivity contribution is 5.71. The maximum Gasteiger partial charge on any atom is 0.361 e.